The van der Waals surface area contributed by atoms with E-state index < -0.39 is 6.10 Å². The van der Waals surface area contributed by atoms with Crippen LogP contribution in [0.2, 0.25) is 0 Å². The highest BCUT2D eigenvalue weighted by Crippen LogP contribution is 2.32. The average Bonchev–Trinajstić information content (AvgIpc) is 2.68. The topological polar surface area (TPSA) is 41.9 Å². The molecule has 1 N–H and O–H groups in total. The third-order valence-electron chi connectivity index (χ3n) is 5.09. The number of hydrogen-bond acceptors (Lipinski definition) is 4. The summed E-state index contributed by atoms with van der Waals surface area (Å²) in [6.45, 7) is 8.62. The molecule has 0 aromatic heterocycles. The van der Waals surface area contributed by atoms with Crippen molar-refractivity contribution in [3.8, 4) is 5.75 Å². The molecular weight excluding hydrogens is 326 g/mol. The molecule has 4 nitrogen and oxygen atoms in total. The molecule has 26 heavy (non-hydrogen) atoms. The number of benzene rings is 2. The number of morpholine rings is 1. The van der Waals surface area contributed by atoms with Crippen molar-refractivity contribution in [3.63, 3.8) is 0 Å². The van der Waals surface area contributed by atoms with E-state index in [1.165, 1.54) is 11.1 Å². The van der Waals surface area contributed by atoms with Crippen LogP contribution in [0.25, 0.3) is 0 Å². The highest BCUT2D eigenvalue weighted by Gasteiger charge is 2.22. The van der Waals surface area contributed by atoms with E-state index in [1.807, 2.05) is 18.2 Å². The van der Waals surface area contributed by atoms with Crippen LogP contribution in [0, 0.1) is 0 Å². The lowest BCUT2D eigenvalue weighted by atomic mass is 9.78. The van der Waals surface area contributed by atoms with Crippen molar-refractivity contribution in [1.82, 2.24) is 4.90 Å². The lowest BCUT2D eigenvalue weighted by molar-refractivity contribution is 0.00465. The molecule has 1 aliphatic heterocycles. The zero-order chi connectivity index (χ0) is 18.4. The predicted molar refractivity (Wildman–Crippen MR) is 104 cm³/mol. The monoisotopic (exact) mass is 355 g/mol. The summed E-state index contributed by atoms with van der Waals surface area (Å²) in [6.07, 6.45) is -0.492. The van der Waals surface area contributed by atoms with Gasteiger partial charge in [0.05, 0.1) is 13.2 Å². The zero-order valence-electron chi connectivity index (χ0n) is 15.7. The second-order valence-corrected chi connectivity index (χ2v) is 7.39. The van der Waals surface area contributed by atoms with Crippen molar-refractivity contribution in [1.29, 1.82) is 0 Å². The number of aliphatic hydroxyl groups excluding tert-OH is 1. The van der Waals surface area contributed by atoms with Crippen molar-refractivity contribution < 1.29 is 14.6 Å². The molecule has 0 radical (unpaired) electrons. The highest BCUT2D eigenvalue weighted by molar-refractivity contribution is 5.39. The van der Waals surface area contributed by atoms with E-state index in [1.54, 1.807) is 0 Å². The van der Waals surface area contributed by atoms with Gasteiger partial charge in [-0.1, -0.05) is 56.3 Å². The van der Waals surface area contributed by atoms with Crippen LogP contribution >= 0.6 is 0 Å². The Morgan fingerprint density at radius 3 is 2.27 bits per heavy atom. The van der Waals surface area contributed by atoms with E-state index in [-0.39, 0.29) is 5.41 Å². The summed E-state index contributed by atoms with van der Waals surface area (Å²) in [5.74, 6) is 0.790. The fourth-order valence-electron chi connectivity index (χ4n) is 3.32. The normalized spacial score (nSPS) is 17.0. The Kier molecular flexibility index (Phi) is 6.30. The van der Waals surface area contributed by atoms with Crippen LogP contribution in [0.15, 0.2) is 54.6 Å². The van der Waals surface area contributed by atoms with Gasteiger partial charge in [0.1, 0.15) is 18.5 Å². The molecule has 1 heterocycles. The molecule has 0 unspecified atom stereocenters. The summed E-state index contributed by atoms with van der Waals surface area (Å²) in [5.41, 5.74) is 2.47. The lowest BCUT2D eigenvalue weighted by Crippen LogP contribution is -2.42. The number of rotatable bonds is 7. The van der Waals surface area contributed by atoms with Crippen LogP contribution in [0.3, 0.4) is 0 Å². The maximum Gasteiger partial charge on any atom is 0.119 e. The molecule has 2 aromatic carbocycles. The smallest absolute Gasteiger partial charge is 0.119 e. The van der Waals surface area contributed by atoms with E-state index in [9.17, 15) is 5.11 Å². The molecule has 0 spiro atoms. The Balaban J connectivity index is 1.54. The minimum absolute atomic E-state index is 0.0599. The van der Waals surface area contributed by atoms with E-state index >= 15 is 0 Å². The number of ether oxygens (including phenoxy) is 2. The summed E-state index contributed by atoms with van der Waals surface area (Å²) in [5, 5.41) is 10.2. The molecule has 3 rings (SSSR count). The Bertz CT molecular complexity index is 664. The van der Waals surface area contributed by atoms with E-state index in [0.717, 1.165) is 32.1 Å². The van der Waals surface area contributed by atoms with Crippen LogP contribution in [-0.2, 0) is 10.2 Å². The van der Waals surface area contributed by atoms with Crippen LogP contribution in [0.1, 0.15) is 25.0 Å². The van der Waals surface area contributed by atoms with E-state index in [4.69, 9.17) is 9.47 Å². The Labute approximate surface area is 156 Å². The van der Waals surface area contributed by atoms with Crippen LogP contribution in [0.4, 0.5) is 0 Å². The van der Waals surface area contributed by atoms with Gasteiger partial charge in [0.2, 0.25) is 0 Å². The first-order chi connectivity index (χ1) is 12.6. The zero-order valence-corrected chi connectivity index (χ0v) is 15.7. The van der Waals surface area contributed by atoms with Gasteiger partial charge in [-0.2, -0.15) is 0 Å². The molecule has 1 saturated heterocycles. The second kappa shape index (κ2) is 8.67. The molecule has 1 atom stereocenters. The van der Waals surface area contributed by atoms with Gasteiger partial charge in [-0.15, -0.1) is 0 Å². The van der Waals surface area contributed by atoms with Crippen molar-refractivity contribution in [3.05, 3.63) is 65.7 Å². The lowest BCUT2D eigenvalue weighted by Gasteiger charge is -2.28. The minimum atomic E-state index is -0.492. The summed E-state index contributed by atoms with van der Waals surface area (Å²) in [6, 6.07) is 18.7. The summed E-state index contributed by atoms with van der Waals surface area (Å²) in [4.78, 5) is 2.21. The maximum atomic E-state index is 10.2. The van der Waals surface area contributed by atoms with Gasteiger partial charge in [0.25, 0.3) is 0 Å². The molecule has 1 aliphatic rings. The van der Waals surface area contributed by atoms with Crippen molar-refractivity contribution in [2.45, 2.75) is 25.4 Å². The Morgan fingerprint density at radius 1 is 1.00 bits per heavy atom. The number of nitrogens with zero attached hydrogens (tertiary/aromatic N) is 1. The van der Waals surface area contributed by atoms with Gasteiger partial charge in [0.15, 0.2) is 0 Å². The van der Waals surface area contributed by atoms with Crippen molar-refractivity contribution in [2.24, 2.45) is 0 Å². The first-order valence-electron chi connectivity index (χ1n) is 9.33. The largest absolute Gasteiger partial charge is 0.491 e. The van der Waals surface area contributed by atoms with E-state index in [0.29, 0.717) is 13.2 Å². The first kappa shape index (κ1) is 18.9. The molecular formula is C22H29NO3. The quantitative estimate of drug-likeness (QED) is 0.829. The molecule has 0 bridgehead atoms. The number of β-amino-alcohol motifs (C(OH)–C–C–N with tert-alkyl or cyclic N) is 1. The molecule has 4 heteroatoms. The molecule has 0 amide bonds. The van der Waals surface area contributed by atoms with Gasteiger partial charge in [0, 0.05) is 25.0 Å². The van der Waals surface area contributed by atoms with Gasteiger partial charge >= 0.3 is 0 Å². The molecule has 2 aromatic rings. The van der Waals surface area contributed by atoms with Crippen LogP contribution < -0.4 is 4.74 Å². The third-order valence-corrected chi connectivity index (χ3v) is 5.09. The highest BCUT2D eigenvalue weighted by atomic mass is 16.5. The van der Waals surface area contributed by atoms with Crippen LogP contribution in [0.5, 0.6) is 5.75 Å². The summed E-state index contributed by atoms with van der Waals surface area (Å²) < 4.78 is 11.1. The third kappa shape index (κ3) is 4.85. The van der Waals surface area contributed by atoms with Gasteiger partial charge in [-0.05, 0) is 23.3 Å². The maximum absolute atomic E-state index is 10.2. The fraction of sp³-hybridized carbons (Fsp3) is 0.455. The SMILES string of the molecule is CC(C)(c1ccccc1)c1ccc(OC[C@H](O)CN2CCOCC2)cc1. The average molecular weight is 355 g/mol. The second-order valence-electron chi connectivity index (χ2n) is 7.39. The molecule has 0 aliphatic carbocycles. The van der Waals surface area contributed by atoms with Gasteiger partial charge < -0.3 is 14.6 Å². The van der Waals surface area contributed by atoms with Crippen molar-refractivity contribution in [2.75, 3.05) is 39.5 Å². The predicted octanol–water partition coefficient (Wildman–Crippen LogP) is 3.08. The first-order valence-corrected chi connectivity index (χ1v) is 9.33. The number of hydrogen-bond donors (Lipinski definition) is 1. The molecule has 1 fully saturated rings. The van der Waals surface area contributed by atoms with Crippen LogP contribution in [-0.4, -0.2) is 55.6 Å². The summed E-state index contributed by atoms with van der Waals surface area (Å²) >= 11 is 0. The Hall–Kier alpha value is -1.88. The molecule has 0 saturated carbocycles. The summed E-state index contributed by atoms with van der Waals surface area (Å²) in [7, 11) is 0. The Morgan fingerprint density at radius 2 is 1.62 bits per heavy atom. The standard InChI is InChI=1S/C22H29NO3/c1-22(2,18-6-4-3-5-7-18)19-8-10-21(11-9-19)26-17-20(24)16-23-12-14-25-15-13-23/h3-11,20,24H,12-17H2,1-2H3/t20-/m1/s1. The van der Waals surface area contributed by atoms with Gasteiger partial charge in [-0.25, -0.2) is 0 Å². The van der Waals surface area contributed by atoms with Gasteiger partial charge in [-0.3, -0.25) is 4.90 Å². The fourth-order valence-corrected chi connectivity index (χ4v) is 3.32. The number of aliphatic hydroxyl groups is 1. The molecule has 140 valence electrons. The van der Waals surface area contributed by atoms with E-state index in [2.05, 4.69) is 55.1 Å². The minimum Gasteiger partial charge on any atom is -0.491 e. The van der Waals surface area contributed by atoms with Crippen molar-refractivity contribution >= 4 is 0 Å².